The number of hydrogen-bond acceptors (Lipinski definition) is 2. The van der Waals surface area contributed by atoms with Crippen LogP contribution in [0.5, 0.6) is 0 Å². The van der Waals surface area contributed by atoms with Gasteiger partial charge in [-0.05, 0) is 30.0 Å². The average Bonchev–Trinajstić information content (AvgIpc) is 2.44. The molecule has 1 aliphatic heterocycles. The van der Waals surface area contributed by atoms with Gasteiger partial charge in [-0.3, -0.25) is 9.59 Å². The van der Waals surface area contributed by atoms with Crippen molar-refractivity contribution in [2.75, 3.05) is 18.9 Å². The molecular formula is C16H22N2O2. The number of carbonyl (C=O) groups is 2. The third kappa shape index (κ3) is 3.59. The molecule has 0 atom stereocenters. The van der Waals surface area contributed by atoms with E-state index in [4.69, 9.17) is 0 Å². The fraction of sp³-hybridized carbons (Fsp3) is 0.500. The van der Waals surface area contributed by atoms with Crippen LogP contribution in [0.1, 0.15) is 37.3 Å². The topological polar surface area (TPSA) is 49.4 Å². The molecule has 0 aromatic heterocycles. The number of likely N-dealkylation sites (N-methyl/N-ethyl adjacent to an activating group) is 1. The molecule has 0 spiro atoms. The molecule has 1 aromatic rings. The maximum absolute atomic E-state index is 12.1. The molecule has 0 unspecified atom stereocenters. The molecular weight excluding hydrogens is 252 g/mol. The summed E-state index contributed by atoms with van der Waals surface area (Å²) in [6.45, 7) is 2.94. The van der Waals surface area contributed by atoms with Crippen LogP contribution in [0.15, 0.2) is 18.2 Å². The lowest BCUT2D eigenvalue weighted by Crippen LogP contribution is -2.29. The Labute approximate surface area is 120 Å². The predicted octanol–water partition coefficient (Wildman–Crippen LogP) is 2.37. The quantitative estimate of drug-likeness (QED) is 0.896. The summed E-state index contributed by atoms with van der Waals surface area (Å²) in [4.78, 5) is 25.2. The molecule has 1 aliphatic rings. The Morgan fingerprint density at radius 1 is 1.35 bits per heavy atom. The summed E-state index contributed by atoms with van der Waals surface area (Å²) in [6.07, 6.45) is 3.85. The van der Waals surface area contributed by atoms with Gasteiger partial charge in [-0.25, -0.2) is 0 Å². The van der Waals surface area contributed by atoms with Crippen molar-refractivity contribution in [3.8, 4) is 0 Å². The lowest BCUT2D eigenvalue weighted by atomic mass is 9.99. The van der Waals surface area contributed by atoms with E-state index in [9.17, 15) is 9.59 Å². The highest BCUT2D eigenvalue weighted by Crippen LogP contribution is 2.23. The largest absolute Gasteiger partial charge is 0.345 e. The number of amides is 2. The van der Waals surface area contributed by atoms with E-state index in [2.05, 4.69) is 12.2 Å². The van der Waals surface area contributed by atoms with Crippen LogP contribution in [-0.4, -0.2) is 30.3 Å². The van der Waals surface area contributed by atoms with Gasteiger partial charge in [0.1, 0.15) is 0 Å². The molecule has 1 aromatic carbocycles. The smallest absolute Gasteiger partial charge is 0.226 e. The molecule has 2 amide bonds. The Morgan fingerprint density at radius 3 is 2.90 bits per heavy atom. The fourth-order valence-corrected chi connectivity index (χ4v) is 2.38. The first-order chi connectivity index (χ1) is 9.60. The Bertz CT molecular complexity index is 511. The summed E-state index contributed by atoms with van der Waals surface area (Å²) < 4.78 is 0. The number of aryl methyl sites for hydroxylation is 1. The number of benzene rings is 1. The maximum atomic E-state index is 12.1. The first kappa shape index (κ1) is 14.6. The van der Waals surface area contributed by atoms with Gasteiger partial charge in [-0.1, -0.05) is 25.5 Å². The Balaban J connectivity index is 2.00. The average molecular weight is 274 g/mol. The highest BCUT2D eigenvalue weighted by molar-refractivity contribution is 5.94. The number of hydrogen-bond donors (Lipinski definition) is 1. The monoisotopic (exact) mass is 274 g/mol. The number of unbranched alkanes of at least 4 members (excludes halogenated alkanes) is 1. The van der Waals surface area contributed by atoms with Crippen molar-refractivity contribution < 1.29 is 9.59 Å². The standard InChI is InChI=1S/C16H22N2O2/c1-3-4-9-18(2)16(20)11-12-5-7-14-13(10-12)6-8-15(19)17-14/h5,7,10H,3-4,6,8-9,11H2,1-2H3,(H,17,19). The molecule has 4 nitrogen and oxygen atoms in total. The van der Waals surface area contributed by atoms with E-state index < -0.39 is 0 Å². The van der Waals surface area contributed by atoms with Gasteiger partial charge in [-0.15, -0.1) is 0 Å². The molecule has 2 rings (SSSR count). The summed E-state index contributed by atoms with van der Waals surface area (Å²) in [5, 5.41) is 2.86. The second kappa shape index (κ2) is 6.55. The van der Waals surface area contributed by atoms with Crippen molar-refractivity contribution in [3.63, 3.8) is 0 Å². The van der Waals surface area contributed by atoms with Gasteiger partial charge in [-0.2, -0.15) is 0 Å². The number of carbonyl (C=O) groups excluding carboxylic acids is 2. The summed E-state index contributed by atoms with van der Waals surface area (Å²) in [5.41, 5.74) is 3.04. The molecule has 0 saturated heterocycles. The second-order valence-corrected chi connectivity index (χ2v) is 5.39. The predicted molar refractivity (Wildman–Crippen MR) is 79.6 cm³/mol. The van der Waals surface area contributed by atoms with E-state index in [0.29, 0.717) is 12.8 Å². The molecule has 0 aliphatic carbocycles. The van der Waals surface area contributed by atoms with E-state index in [1.165, 1.54) is 0 Å². The molecule has 0 bridgehead atoms. The molecule has 1 heterocycles. The normalized spacial score (nSPS) is 13.6. The van der Waals surface area contributed by atoms with Crippen LogP contribution in [0.2, 0.25) is 0 Å². The van der Waals surface area contributed by atoms with Gasteiger partial charge in [0.05, 0.1) is 6.42 Å². The van der Waals surface area contributed by atoms with Crippen LogP contribution >= 0.6 is 0 Å². The van der Waals surface area contributed by atoms with Crippen molar-refractivity contribution in [1.29, 1.82) is 0 Å². The Kier molecular flexibility index (Phi) is 4.77. The van der Waals surface area contributed by atoms with E-state index in [1.54, 1.807) is 4.90 Å². The molecule has 20 heavy (non-hydrogen) atoms. The zero-order chi connectivity index (χ0) is 14.5. The van der Waals surface area contributed by atoms with Gasteiger partial charge in [0.25, 0.3) is 0 Å². The number of rotatable bonds is 5. The fourth-order valence-electron chi connectivity index (χ4n) is 2.38. The summed E-state index contributed by atoms with van der Waals surface area (Å²) >= 11 is 0. The highest BCUT2D eigenvalue weighted by Gasteiger charge is 2.16. The van der Waals surface area contributed by atoms with E-state index in [-0.39, 0.29) is 11.8 Å². The number of nitrogens with zero attached hydrogens (tertiary/aromatic N) is 1. The van der Waals surface area contributed by atoms with E-state index >= 15 is 0 Å². The van der Waals surface area contributed by atoms with Crippen LogP contribution < -0.4 is 5.32 Å². The minimum atomic E-state index is 0.0700. The lowest BCUT2D eigenvalue weighted by Gasteiger charge is -2.19. The van der Waals surface area contributed by atoms with E-state index in [1.807, 2.05) is 25.2 Å². The Hall–Kier alpha value is -1.84. The number of nitrogens with one attached hydrogen (secondary N) is 1. The van der Waals surface area contributed by atoms with Crippen LogP contribution in [0.4, 0.5) is 5.69 Å². The van der Waals surface area contributed by atoms with Gasteiger partial charge in [0.15, 0.2) is 0 Å². The number of fused-ring (bicyclic) bond motifs is 1. The van der Waals surface area contributed by atoms with Crippen molar-refractivity contribution in [2.24, 2.45) is 0 Å². The van der Waals surface area contributed by atoms with Crippen molar-refractivity contribution in [1.82, 2.24) is 4.90 Å². The summed E-state index contributed by atoms with van der Waals surface area (Å²) in [5.74, 6) is 0.221. The third-order valence-electron chi connectivity index (χ3n) is 3.69. The minimum absolute atomic E-state index is 0.0700. The van der Waals surface area contributed by atoms with Crippen molar-refractivity contribution >= 4 is 17.5 Å². The Morgan fingerprint density at radius 2 is 2.15 bits per heavy atom. The highest BCUT2D eigenvalue weighted by atomic mass is 16.2. The molecule has 1 N–H and O–H groups in total. The van der Waals surface area contributed by atoms with Crippen LogP contribution in [-0.2, 0) is 22.4 Å². The molecule has 4 heteroatoms. The minimum Gasteiger partial charge on any atom is -0.345 e. The van der Waals surface area contributed by atoms with Gasteiger partial charge in [0, 0.05) is 25.7 Å². The molecule has 108 valence electrons. The first-order valence-electron chi connectivity index (χ1n) is 7.25. The van der Waals surface area contributed by atoms with Gasteiger partial charge in [0.2, 0.25) is 11.8 Å². The van der Waals surface area contributed by atoms with E-state index in [0.717, 1.165) is 42.6 Å². The number of anilines is 1. The zero-order valence-corrected chi connectivity index (χ0v) is 12.2. The molecule has 0 radical (unpaired) electrons. The summed E-state index contributed by atoms with van der Waals surface area (Å²) in [7, 11) is 1.86. The second-order valence-electron chi connectivity index (χ2n) is 5.39. The lowest BCUT2D eigenvalue weighted by molar-refractivity contribution is -0.129. The van der Waals surface area contributed by atoms with Gasteiger partial charge >= 0.3 is 0 Å². The molecule has 0 fully saturated rings. The zero-order valence-electron chi connectivity index (χ0n) is 12.2. The summed E-state index contributed by atoms with van der Waals surface area (Å²) in [6, 6.07) is 5.87. The van der Waals surface area contributed by atoms with Crippen molar-refractivity contribution in [2.45, 2.75) is 39.0 Å². The van der Waals surface area contributed by atoms with Crippen LogP contribution in [0.3, 0.4) is 0 Å². The van der Waals surface area contributed by atoms with Gasteiger partial charge < -0.3 is 10.2 Å². The molecule has 0 saturated carbocycles. The SMILES string of the molecule is CCCCN(C)C(=O)Cc1ccc2c(c1)CCC(=O)N2. The van der Waals surface area contributed by atoms with Crippen LogP contribution in [0, 0.1) is 0 Å². The third-order valence-corrected chi connectivity index (χ3v) is 3.69. The first-order valence-corrected chi connectivity index (χ1v) is 7.25. The van der Waals surface area contributed by atoms with Crippen LogP contribution in [0.25, 0.3) is 0 Å². The van der Waals surface area contributed by atoms with Crippen molar-refractivity contribution in [3.05, 3.63) is 29.3 Å². The maximum Gasteiger partial charge on any atom is 0.226 e.